The Labute approximate surface area is 111 Å². The summed E-state index contributed by atoms with van der Waals surface area (Å²) >= 11 is 3.38. The van der Waals surface area contributed by atoms with Crippen LogP contribution in [0.3, 0.4) is 0 Å². The Morgan fingerprint density at radius 3 is 2.24 bits per heavy atom. The number of anilines is 1. The first-order chi connectivity index (χ1) is 7.85. The van der Waals surface area contributed by atoms with Crippen LogP contribution in [0, 0.1) is 13.8 Å². The van der Waals surface area contributed by atoms with Crippen molar-refractivity contribution in [2.75, 3.05) is 24.1 Å². The molecular formula is C11H17BrN2O2S. The summed E-state index contributed by atoms with van der Waals surface area (Å²) in [5.41, 5.74) is 2.49. The molecule has 0 saturated carbocycles. The predicted molar refractivity (Wildman–Crippen MR) is 75.0 cm³/mol. The first-order valence-electron chi connectivity index (χ1n) is 5.27. The molecule has 17 heavy (non-hydrogen) atoms. The maximum absolute atomic E-state index is 11.8. The van der Waals surface area contributed by atoms with Crippen molar-refractivity contribution >= 4 is 31.6 Å². The van der Waals surface area contributed by atoms with Gasteiger partial charge in [-0.05, 0) is 44.2 Å². The highest BCUT2D eigenvalue weighted by Crippen LogP contribution is 2.25. The number of nitrogens with one attached hydrogen (secondary N) is 2. The monoisotopic (exact) mass is 320 g/mol. The Hall–Kier alpha value is -0.590. The second-order valence-electron chi connectivity index (χ2n) is 3.94. The Bertz CT molecular complexity index is 477. The zero-order valence-corrected chi connectivity index (χ0v) is 12.6. The van der Waals surface area contributed by atoms with Gasteiger partial charge in [0.05, 0.1) is 11.4 Å². The fraction of sp³-hybridized carbons (Fsp3) is 0.455. The third-order valence-electron chi connectivity index (χ3n) is 2.38. The van der Waals surface area contributed by atoms with Crippen LogP contribution in [0.15, 0.2) is 16.6 Å². The lowest BCUT2D eigenvalue weighted by Gasteiger charge is -2.13. The molecule has 0 heterocycles. The van der Waals surface area contributed by atoms with E-state index in [1.165, 1.54) is 0 Å². The van der Waals surface area contributed by atoms with Crippen molar-refractivity contribution in [1.29, 1.82) is 0 Å². The first-order valence-corrected chi connectivity index (χ1v) is 7.72. The molecule has 1 aromatic carbocycles. The highest BCUT2D eigenvalue weighted by Gasteiger charge is 2.13. The molecule has 0 atom stereocenters. The van der Waals surface area contributed by atoms with Crippen LogP contribution >= 0.6 is 15.9 Å². The van der Waals surface area contributed by atoms with Gasteiger partial charge < -0.3 is 5.32 Å². The van der Waals surface area contributed by atoms with Gasteiger partial charge in [0, 0.05) is 11.0 Å². The summed E-state index contributed by atoms with van der Waals surface area (Å²) in [5, 5.41) is 2.82. The molecule has 0 aliphatic rings. The van der Waals surface area contributed by atoms with Crippen LogP contribution < -0.4 is 10.0 Å². The quantitative estimate of drug-likeness (QED) is 0.872. The number of aryl methyl sites for hydroxylation is 2. The third kappa shape index (κ3) is 4.29. The highest BCUT2D eigenvalue weighted by atomic mass is 79.9. The molecule has 0 aromatic heterocycles. The fourth-order valence-corrected chi connectivity index (χ4v) is 3.41. The number of benzene rings is 1. The summed E-state index contributed by atoms with van der Waals surface area (Å²) in [6, 6.07) is 3.78. The van der Waals surface area contributed by atoms with Crippen LogP contribution in [0.2, 0.25) is 0 Å². The van der Waals surface area contributed by atoms with Gasteiger partial charge in [-0.25, -0.2) is 8.42 Å². The van der Waals surface area contributed by atoms with Crippen LogP contribution in [-0.2, 0) is 10.0 Å². The molecule has 0 radical (unpaired) electrons. The lowest BCUT2D eigenvalue weighted by atomic mass is 10.1. The summed E-state index contributed by atoms with van der Waals surface area (Å²) in [5.74, 6) is 0.0679. The number of rotatable bonds is 5. The van der Waals surface area contributed by atoms with Crippen molar-refractivity contribution in [2.24, 2.45) is 0 Å². The van der Waals surface area contributed by atoms with Crippen LogP contribution in [0.1, 0.15) is 11.1 Å². The van der Waals surface area contributed by atoms with Crippen molar-refractivity contribution in [2.45, 2.75) is 13.8 Å². The first kappa shape index (κ1) is 14.5. The van der Waals surface area contributed by atoms with Crippen molar-refractivity contribution in [3.8, 4) is 0 Å². The van der Waals surface area contributed by atoms with Crippen LogP contribution in [0.4, 0.5) is 5.69 Å². The maximum Gasteiger partial charge on any atom is 0.233 e. The van der Waals surface area contributed by atoms with E-state index in [1.807, 2.05) is 26.0 Å². The zero-order valence-electron chi connectivity index (χ0n) is 10.2. The molecule has 96 valence electrons. The zero-order chi connectivity index (χ0) is 13.1. The highest BCUT2D eigenvalue weighted by molar-refractivity contribution is 9.10. The second kappa shape index (κ2) is 5.84. The molecule has 0 fully saturated rings. The number of halogens is 1. The molecule has 2 N–H and O–H groups in total. The normalized spacial score (nSPS) is 11.5. The fourth-order valence-electron chi connectivity index (χ4n) is 1.51. The Kier molecular flexibility index (Phi) is 4.97. The van der Waals surface area contributed by atoms with E-state index >= 15 is 0 Å². The van der Waals surface area contributed by atoms with Crippen molar-refractivity contribution in [3.63, 3.8) is 0 Å². The number of hydrogen-bond donors (Lipinski definition) is 2. The minimum atomic E-state index is -3.28. The van der Waals surface area contributed by atoms with Crippen LogP contribution in [0.25, 0.3) is 0 Å². The van der Waals surface area contributed by atoms with Gasteiger partial charge in [-0.3, -0.25) is 4.72 Å². The molecule has 6 heteroatoms. The standard InChI is InChI=1S/C11H17BrN2O2S/c1-8-6-10(12)7-9(2)11(8)14-17(15,16)5-4-13-3/h6-7,13-14H,4-5H2,1-3H3. The predicted octanol–water partition coefficient (Wildman–Crippen LogP) is 2.03. The van der Waals surface area contributed by atoms with Crippen molar-refractivity contribution in [1.82, 2.24) is 5.32 Å². The average molecular weight is 321 g/mol. The van der Waals surface area contributed by atoms with E-state index in [9.17, 15) is 8.42 Å². The molecule has 0 saturated heterocycles. The maximum atomic E-state index is 11.8. The Morgan fingerprint density at radius 1 is 1.24 bits per heavy atom. The van der Waals surface area contributed by atoms with Crippen molar-refractivity contribution in [3.05, 3.63) is 27.7 Å². The van der Waals surface area contributed by atoms with E-state index in [-0.39, 0.29) is 5.75 Å². The topological polar surface area (TPSA) is 58.2 Å². The van der Waals surface area contributed by atoms with Crippen molar-refractivity contribution < 1.29 is 8.42 Å². The minimum Gasteiger partial charge on any atom is -0.319 e. The molecule has 0 aliphatic carbocycles. The van der Waals surface area contributed by atoms with Gasteiger partial charge in [-0.2, -0.15) is 0 Å². The van der Waals surface area contributed by atoms with E-state index < -0.39 is 10.0 Å². The van der Waals surface area contributed by atoms with E-state index in [4.69, 9.17) is 0 Å². The van der Waals surface area contributed by atoms with Gasteiger partial charge in [0.2, 0.25) is 10.0 Å². The molecular weight excluding hydrogens is 304 g/mol. The minimum absolute atomic E-state index is 0.0679. The Morgan fingerprint density at radius 2 is 1.76 bits per heavy atom. The number of hydrogen-bond acceptors (Lipinski definition) is 3. The van der Waals surface area contributed by atoms with E-state index in [0.29, 0.717) is 12.2 Å². The Balaban J connectivity index is 2.96. The van der Waals surface area contributed by atoms with Gasteiger partial charge in [0.25, 0.3) is 0 Å². The SMILES string of the molecule is CNCCS(=O)(=O)Nc1c(C)cc(Br)cc1C. The van der Waals surface area contributed by atoms with Crippen LogP contribution in [0.5, 0.6) is 0 Å². The summed E-state index contributed by atoms with van der Waals surface area (Å²) in [7, 11) is -1.55. The molecule has 0 spiro atoms. The van der Waals surface area contributed by atoms with Gasteiger partial charge in [-0.15, -0.1) is 0 Å². The van der Waals surface area contributed by atoms with E-state index in [2.05, 4.69) is 26.0 Å². The molecule has 0 amide bonds. The van der Waals surface area contributed by atoms with Gasteiger partial charge in [0.1, 0.15) is 0 Å². The van der Waals surface area contributed by atoms with Crippen LogP contribution in [-0.4, -0.2) is 27.8 Å². The molecule has 0 unspecified atom stereocenters. The van der Waals surface area contributed by atoms with E-state index in [0.717, 1.165) is 15.6 Å². The number of sulfonamides is 1. The molecule has 1 aromatic rings. The molecule has 0 bridgehead atoms. The largest absolute Gasteiger partial charge is 0.319 e. The van der Waals surface area contributed by atoms with Gasteiger partial charge >= 0.3 is 0 Å². The summed E-state index contributed by atoms with van der Waals surface area (Å²) < 4.78 is 27.1. The molecule has 0 aliphatic heterocycles. The smallest absolute Gasteiger partial charge is 0.233 e. The molecule has 4 nitrogen and oxygen atoms in total. The van der Waals surface area contributed by atoms with Gasteiger partial charge in [0.15, 0.2) is 0 Å². The lowest BCUT2D eigenvalue weighted by molar-refractivity contribution is 0.598. The average Bonchev–Trinajstić information content (AvgIpc) is 2.21. The summed E-state index contributed by atoms with van der Waals surface area (Å²) in [6.45, 7) is 4.20. The third-order valence-corrected chi connectivity index (χ3v) is 4.09. The lowest BCUT2D eigenvalue weighted by Crippen LogP contribution is -2.25. The van der Waals surface area contributed by atoms with E-state index in [1.54, 1.807) is 7.05 Å². The molecule has 1 rings (SSSR count). The summed E-state index contributed by atoms with van der Waals surface area (Å²) in [6.07, 6.45) is 0. The van der Waals surface area contributed by atoms with Gasteiger partial charge in [-0.1, -0.05) is 15.9 Å². The summed E-state index contributed by atoms with van der Waals surface area (Å²) in [4.78, 5) is 0. The second-order valence-corrected chi connectivity index (χ2v) is 6.70.